The average molecular weight is 260 g/mol. The van der Waals surface area contributed by atoms with E-state index in [1.165, 1.54) is 6.20 Å². The van der Waals surface area contributed by atoms with Crippen molar-refractivity contribution in [3.05, 3.63) is 41.5 Å². The van der Waals surface area contributed by atoms with Gasteiger partial charge in [0.25, 0.3) is 0 Å². The lowest BCUT2D eigenvalue weighted by atomic mass is 10.1. The van der Waals surface area contributed by atoms with E-state index in [1.807, 2.05) is 0 Å². The normalized spacial score (nSPS) is 11.8. The molecule has 0 spiro atoms. The van der Waals surface area contributed by atoms with Crippen molar-refractivity contribution >= 4 is 0 Å². The van der Waals surface area contributed by atoms with E-state index in [0.29, 0.717) is 6.07 Å². The van der Waals surface area contributed by atoms with Crippen molar-refractivity contribution in [3.8, 4) is 11.4 Å². The minimum Gasteiger partial charge on any atom is -0.390 e. The molecule has 0 aliphatic carbocycles. The number of hydrogen-bond donors (Lipinski definition) is 2. The van der Waals surface area contributed by atoms with Crippen LogP contribution in [0.25, 0.3) is 11.4 Å². The number of H-pyrrole nitrogens is 1. The lowest BCUT2D eigenvalue weighted by Gasteiger charge is -2.11. The molecule has 1 heterocycles. The summed E-state index contributed by atoms with van der Waals surface area (Å²) >= 11 is 0. The van der Waals surface area contributed by atoms with Gasteiger partial charge in [0, 0.05) is 5.56 Å². The van der Waals surface area contributed by atoms with Gasteiger partial charge in [0.2, 0.25) is 0 Å². The molecule has 2 N–H and O–H groups in total. The van der Waals surface area contributed by atoms with Gasteiger partial charge in [-0.1, -0.05) is 0 Å². The Morgan fingerprint density at radius 1 is 1.28 bits per heavy atom. The summed E-state index contributed by atoms with van der Waals surface area (Å²) in [6.45, 7) is -0.385. The predicted molar refractivity (Wildman–Crippen MR) is 54.9 cm³/mol. The number of aliphatic hydroxyl groups is 1. The van der Waals surface area contributed by atoms with Crippen LogP contribution < -0.4 is 0 Å². The molecule has 0 saturated heterocycles. The number of aliphatic hydroxyl groups excluding tert-OH is 1. The third kappa shape index (κ3) is 2.35. The van der Waals surface area contributed by atoms with Gasteiger partial charge < -0.3 is 10.1 Å². The van der Waals surface area contributed by atoms with Crippen molar-refractivity contribution in [2.45, 2.75) is 12.8 Å². The van der Waals surface area contributed by atoms with Crippen molar-refractivity contribution in [3.63, 3.8) is 0 Å². The number of aromatic nitrogens is 2. The number of benzene rings is 1. The SMILES string of the molecule is OCc1cnc(-c2cc(F)ccc2C(F)(F)F)[nH]1. The van der Waals surface area contributed by atoms with Gasteiger partial charge in [-0.2, -0.15) is 13.2 Å². The van der Waals surface area contributed by atoms with Crippen LogP contribution >= 0.6 is 0 Å². The van der Waals surface area contributed by atoms with E-state index in [1.54, 1.807) is 0 Å². The van der Waals surface area contributed by atoms with Gasteiger partial charge >= 0.3 is 6.18 Å². The van der Waals surface area contributed by atoms with Crippen molar-refractivity contribution in [2.75, 3.05) is 0 Å². The number of nitrogens with one attached hydrogen (secondary N) is 1. The van der Waals surface area contributed by atoms with Crippen LogP contribution in [-0.2, 0) is 12.8 Å². The molecule has 0 saturated carbocycles. The van der Waals surface area contributed by atoms with E-state index in [9.17, 15) is 17.6 Å². The first-order chi connectivity index (χ1) is 8.41. The van der Waals surface area contributed by atoms with Gasteiger partial charge in [-0.15, -0.1) is 0 Å². The molecule has 1 aromatic heterocycles. The molecule has 0 amide bonds. The quantitative estimate of drug-likeness (QED) is 0.815. The lowest BCUT2D eigenvalue weighted by Crippen LogP contribution is -2.08. The number of halogens is 4. The highest BCUT2D eigenvalue weighted by atomic mass is 19.4. The molecule has 96 valence electrons. The Morgan fingerprint density at radius 2 is 2.00 bits per heavy atom. The highest BCUT2D eigenvalue weighted by molar-refractivity contribution is 5.61. The summed E-state index contributed by atoms with van der Waals surface area (Å²) < 4.78 is 51.3. The first-order valence-corrected chi connectivity index (χ1v) is 4.93. The summed E-state index contributed by atoms with van der Waals surface area (Å²) in [5.41, 5.74) is -1.12. The summed E-state index contributed by atoms with van der Waals surface area (Å²) in [4.78, 5) is 6.18. The minimum atomic E-state index is -4.60. The standard InChI is InChI=1S/C11H8F4N2O/c12-6-1-2-9(11(13,14)15)8(3-6)10-16-4-7(5-18)17-10/h1-4,18H,5H2,(H,16,17). The molecule has 1 aromatic carbocycles. The Hall–Kier alpha value is -1.89. The van der Waals surface area contributed by atoms with Gasteiger partial charge in [0.1, 0.15) is 11.6 Å². The molecule has 0 radical (unpaired) electrons. The molecule has 7 heteroatoms. The van der Waals surface area contributed by atoms with Crippen molar-refractivity contribution in [1.29, 1.82) is 0 Å². The summed E-state index contributed by atoms with van der Waals surface area (Å²) in [7, 11) is 0. The Morgan fingerprint density at radius 3 is 2.56 bits per heavy atom. The van der Waals surface area contributed by atoms with E-state index in [0.717, 1.165) is 12.1 Å². The summed E-state index contributed by atoms with van der Waals surface area (Å²) in [6.07, 6.45) is -3.41. The molecule has 3 nitrogen and oxygen atoms in total. The molecule has 2 rings (SSSR count). The minimum absolute atomic E-state index is 0.133. The summed E-state index contributed by atoms with van der Waals surface area (Å²) in [5, 5.41) is 8.81. The zero-order valence-corrected chi connectivity index (χ0v) is 8.92. The molecule has 0 bridgehead atoms. The largest absolute Gasteiger partial charge is 0.417 e. The molecular formula is C11H8F4N2O. The van der Waals surface area contributed by atoms with Crippen LogP contribution in [0.2, 0.25) is 0 Å². The molecule has 0 aliphatic rings. The van der Waals surface area contributed by atoms with Gasteiger partial charge in [-0.05, 0) is 18.2 Å². The van der Waals surface area contributed by atoms with Crippen LogP contribution in [0.1, 0.15) is 11.3 Å². The van der Waals surface area contributed by atoms with Crippen molar-refractivity contribution < 1.29 is 22.7 Å². The molecule has 18 heavy (non-hydrogen) atoms. The van der Waals surface area contributed by atoms with Gasteiger partial charge in [0.05, 0.1) is 24.1 Å². The monoisotopic (exact) mass is 260 g/mol. The highest BCUT2D eigenvalue weighted by Gasteiger charge is 2.34. The lowest BCUT2D eigenvalue weighted by molar-refractivity contribution is -0.137. The maximum Gasteiger partial charge on any atom is 0.417 e. The predicted octanol–water partition coefficient (Wildman–Crippen LogP) is 2.73. The van der Waals surface area contributed by atoms with Crippen LogP contribution in [-0.4, -0.2) is 15.1 Å². The molecule has 0 aliphatic heterocycles. The maximum atomic E-state index is 13.1. The fourth-order valence-corrected chi connectivity index (χ4v) is 1.54. The van der Waals surface area contributed by atoms with Crippen molar-refractivity contribution in [1.82, 2.24) is 9.97 Å². The third-order valence-electron chi connectivity index (χ3n) is 2.34. The van der Waals surface area contributed by atoms with E-state index in [-0.39, 0.29) is 23.7 Å². The number of hydrogen-bond acceptors (Lipinski definition) is 2. The Labute approximate surface area is 99.1 Å². The average Bonchev–Trinajstić information content (AvgIpc) is 2.75. The Kier molecular flexibility index (Phi) is 3.08. The number of rotatable bonds is 2. The van der Waals surface area contributed by atoms with Gasteiger partial charge in [0.15, 0.2) is 0 Å². The number of aromatic amines is 1. The Bertz CT molecular complexity index is 562. The highest BCUT2D eigenvalue weighted by Crippen LogP contribution is 2.36. The first-order valence-electron chi connectivity index (χ1n) is 4.93. The fourth-order valence-electron chi connectivity index (χ4n) is 1.54. The van der Waals surface area contributed by atoms with Crippen LogP contribution in [0, 0.1) is 5.82 Å². The molecular weight excluding hydrogens is 252 g/mol. The molecule has 0 atom stereocenters. The zero-order valence-electron chi connectivity index (χ0n) is 8.92. The van der Waals surface area contributed by atoms with Gasteiger partial charge in [-0.3, -0.25) is 0 Å². The van der Waals surface area contributed by atoms with Crippen molar-refractivity contribution in [2.24, 2.45) is 0 Å². The van der Waals surface area contributed by atoms with Crippen LogP contribution in [0.4, 0.5) is 17.6 Å². The van der Waals surface area contributed by atoms with E-state index >= 15 is 0 Å². The number of imidazole rings is 1. The van der Waals surface area contributed by atoms with E-state index in [2.05, 4.69) is 9.97 Å². The second kappa shape index (κ2) is 4.41. The summed E-state index contributed by atoms with van der Waals surface area (Å²) in [6, 6.07) is 2.15. The zero-order chi connectivity index (χ0) is 13.3. The smallest absolute Gasteiger partial charge is 0.390 e. The topological polar surface area (TPSA) is 48.9 Å². The van der Waals surface area contributed by atoms with Crippen LogP contribution in [0.3, 0.4) is 0 Å². The van der Waals surface area contributed by atoms with Gasteiger partial charge in [-0.25, -0.2) is 9.37 Å². The maximum absolute atomic E-state index is 13.1. The molecule has 0 fully saturated rings. The van der Waals surface area contributed by atoms with Crippen LogP contribution in [0.5, 0.6) is 0 Å². The number of nitrogens with zero attached hydrogens (tertiary/aromatic N) is 1. The molecule has 0 unspecified atom stereocenters. The van der Waals surface area contributed by atoms with E-state index in [4.69, 9.17) is 5.11 Å². The second-order valence-corrected chi connectivity index (χ2v) is 3.60. The number of alkyl halides is 3. The first kappa shape index (κ1) is 12.6. The van der Waals surface area contributed by atoms with Crippen LogP contribution in [0.15, 0.2) is 24.4 Å². The second-order valence-electron chi connectivity index (χ2n) is 3.60. The van der Waals surface area contributed by atoms with E-state index < -0.39 is 17.6 Å². The molecule has 2 aromatic rings. The summed E-state index contributed by atoms with van der Waals surface area (Å²) in [5.74, 6) is -0.925. The third-order valence-corrected chi connectivity index (χ3v) is 2.34. The fraction of sp³-hybridized carbons (Fsp3) is 0.182. The Balaban J connectivity index is 2.58.